The van der Waals surface area contributed by atoms with Crippen molar-refractivity contribution in [2.24, 2.45) is 11.7 Å². The number of carboxylic acid groups (broad SMARTS) is 1. The lowest BCUT2D eigenvalue weighted by Crippen LogP contribution is -2.19. The molecule has 3 nitrogen and oxygen atoms in total. The SMILES string of the molecule is NC1=CC(F)[C@H](C(=O)O)C1. The van der Waals surface area contributed by atoms with Gasteiger partial charge >= 0.3 is 5.97 Å². The van der Waals surface area contributed by atoms with Crippen molar-refractivity contribution in [2.75, 3.05) is 0 Å². The zero-order chi connectivity index (χ0) is 7.72. The number of carboxylic acids is 1. The van der Waals surface area contributed by atoms with Crippen molar-refractivity contribution in [3.05, 3.63) is 11.8 Å². The van der Waals surface area contributed by atoms with Gasteiger partial charge in [-0.05, 0) is 6.08 Å². The Morgan fingerprint density at radius 3 is 2.70 bits per heavy atom. The lowest BCUT2D eigenvalue weighted by atomic mass is 10.1. The van der Waals surface area contributed by atoms with Crippen molar-refractivity contribution in [1.29, 1.82) is 0 Å². The van der Waals surface area contributed by atoms with Crippen LogP contribution in [-0.4, -0.2) is 17.2 Å². The molecule has 0 amide bonds. The van der Waals surface area contributed by atoms with E-state index in [-0.39, 0.29) is 6.42 Å². The van der Waals surface area contributed by atoms with Gasteiger partial charge in [-0.25, -0.2) is 4.39 Å². The maximum Gasteiger partial charge on any atom is 0.310 e. The smallest absolute Gasteiger partial charge is 0.310 e. The number of nitrogens with two attached hydrogens (primary N) is 1. The standard InChI is InChI=1S/C6H8FNO2/c7-5-2-3(8)1-4(5)6(9)10/h2,4-5H,1,8H2,(H,9,10)/t4-,5?/m1/s1. The van der Waals surface area contributed by atoms with E-state index in [0.29, 0.717) is 5.70 Å². The van der Waals surface area contributed by atoms with Crippen LogP contribution in [0.4, 0.5) is 4.39 Å². The summed E-state index contributed by atoms with van der Waals surface area (Å²) in [6, 6.07) is 0. The van der Waals surface area contributed by atoms with Crippen LogP contribution in [0.5, 0.6) is 0 Å². The molecule has 1 aliphatic carbocycles. The Balaban J connectivity index is 2.63. The monoisotopic (exact) mass is 145 g/mol. The van der Waals surface area contributed by atoms with Crippen LogP contribution in [0, 0.1) is 5.92 Å². The van der Waals surface area contributed by atoms with Gasteiger partial charge in [0.1, 0.15) is 6.17 Å². The molecular weight excluding hydrogens is 137 g/mol. The molecule has 3 N–H and O–H groups in total. The van der Waals surface area contributed by atoms with E-state index in [2.05, 4.69) is 0 Å². The molecule has 0 saturated heterocycles. The van der Waals surface area contributed by atoms with Gasteiger partial charge in [0, 0.05) is 12.1 Å². The summed E-state index contributed by atoms with van der Waals surface area (Å²) in [5.41, 5.74) is 5.54. The largest absolute Gasteiger partial charge is 0.481 e. The highest BCUT2D eigenvalue weighted by Crippen LogP contribution is 2.24. The van der Waals surface area contributed by atoms with E-state index in [4.69, 9.17) is 10.8 Å². The third-order valence-electron chi connectivity index (χ3n) is 1.53. The van der Waals surface area contributed by atoms with Crippen LogP contribution in [0.2, 0.25) is 0 Å². The summed E-state index contributed by atoms with van der Waals surface area (Å²) in [5.74, 6) is -2.08. The molecule has 0 aromatic heterocycles. The number of allylic oxidation sites excluding steroid dienone is 2. The molecule has 0 saturated carbocycles. The van der Waals surface area contributed by atoms with Gasteiger partial charge in [-0.2, -0.15) is 0 Å². The molecule has 0 fully saturated rings. The molecule has 0 aromatic carbocycles. The first-order valence-corrected chi connectivity index (χ1v) is 2.94. The van der Waals surface area contributed by atoms with Crippen LogP contribution in [0.15, 0.2) is 11.8 Å². The third-order valence-corrected chi connectivity index (χ3v) is 1.53. The molecule has 2 atom stereocenters. The third kappa shape index (κ3) is 1.10. The Morgan fingerprint density at radius 1 is 1.90 bits per heavy atom. The highest BCUT2D eigenvalue weighted by atomic mass is 19.1. The summed E-state index contributed by atoms with van der Waals surface area (Å²) in [5, 5.41) is 8.37. The highest BCUT2D eigenvalue weighted by molar-refractivity contribution is 5.72. The zero-order valence-electron chi connectivity index (χ0n) is 5.25. The van der Waals surface area contributed by atoms with Gasteiger partial charge in [0.25, 0.3) is 0 Å². The van der Waals surface area contributed by atoms with Gasteiger partial charge in [-0.1, -0.05) is 0 Å². The topological polar surface area (TPSA) is 63.3 Å². The van der Waals surface area contributed by atoms with Crippen molar-refractivity contribution in [1.82, 2.24) is 0 Å². The molecular formula is C6H8FNO2. The molecule has 1 unspecified atom stereocenters. The van der Waals surface area contributed by atoms with Crippen LogP contribution < -0.4 is 5.73 Å². The molecule has 0 radical (unpaired) electrons. The molecule has 0 heterocycles. The van der Waals surface area contributed by atoms with E-state index in [1.54, 1.807) is 0 Å². The van der Waals surface area contributed by atoms with Crippen LogP contribution >= 0.6 is 0 Å². The van der Waals surface area contributed by atoms with E-state index in [0.717, 1.165) is 6.08 Å². The summed E-state index contributed by atoms with van der Waals surface area (Å²) in [4.78, 5) is 10.2. The summed E-state index contributed by atoms with van der Waals surface area (Å²) >= 11 is 0. The number of aliphatic carboxylic acids is 1. The second kappa shape index (κ2) is 2.28. The Kier molecular flexibility index (Phi) is 1.61. The van der Waals surface area contributed by atoms with Crippen molar-refractivity contribution < 1.29 is 14.3 Å². The maximum atomic E-state index is 12.6. The second-order valence-corrected chi connectivity index (χ2v) is 2.33. The molecule has 4 heteroatoms. The average molecular weight is 145 g/mol. The second-order valence-electron chi connectivity index (χ2n) is 2.33. The zero-order valence-corrected chi connectivity index (χ0v) is 5.25. The number of rotatable bonds is 1. The molecule has 1 rings (SSSR count). The summed E-state index contributed by atoms with van der Waals surface area (Å²) in [6.45, 7) is 0. The van der Waals surface area contributed by atoms with Crippen molar-refractivity contribution >= 4 is 5.97 Å². The van der Waals surface area contributed by atoms with Crippen LogP contribution in [-0.2, 0) is 4.79 Å². The van der Waals surface area contributed by atoms with Crippen molar-refractivity contribution in [3.8, 4) is 0 Å². The first kappa shape index (κ1) is 7.05. The Hall–Kier alpha value is -1.06. The van der Waals surface area contributed by atoms with Gasteiger partial charge < -0.3 is 10.8 Å². The molecule has 0 aromatic rings. The first-order valence-electron chi connectivity index (χ1n) is 2.94. The summed E-state index contributed by atoms with van der Waals surface area (Å²) in [6.07, 6.45) is -0.118. The van der Waals surface area contributed by atoms with Crippen molar-refractivity contribution in [2.45, 2.75) is 12.6 Å². The number of hydrogen-bond donors (Lipinski definition) is 2. The van der Waals surface area contributed by atoms with E-state index in [9.17, 15) is 9.18 Å². The van der Waals surface area contributed by atoms with Gasteiger partial charge in [0.15, 0.2) is 0 Å². The fourth-order valence-corrected chi connectivity index (χ4v) is 0.979. The van der Waals surface area contributed by atoms with Crippen molar-refractivity contribution in [3.63, 3.8) is 0 Å². The Labute approximate surface area is 57.3 Å². The lowest BCUT2D eigenvalue weighted by molar-refractivity contribution is -0.142. The molecule has 1 aliphatic rings. The van der Waals surface area contributed by atoms with Gasteiger partial charge in [-0.3, -0.25) is 4.79 Å². The van der Waals surface area contributed by atoms with Crippen LogP contribution in [0.25, 0.3) is 0 Å². The lowest BCUT2D eigenvalue weighted by Gasteiger charge is -2.04. The summed E-state index contributed by atoms with van der Waals surface area (Å²) in [7, 11) is 0. The van der Waals surface area contributed by atoms with E-state index >= 15 is 0 Å². The molecule has 56 valence electrons. The molecule has 0 bridgehead atoms. The fourth-order valence-electron chi connectivity index (χ4n) is 0.979. The molecule has 10 heavy (non-hydrogen) atoms. The van der Waals surface area contributed by atoms with Crippen LogP contribution in [0.1, 0.15) is 6.42 Å². The predicted octanol–water partition coefficient (Wildman–Crippen LogP) is 0.272. The number of hydrogen-bond acceptors (Lipinski definition) is 2. The van der Waals surface area contributed by atoms with E-state index < -0.39 is 18.1 Å². The highest BCUT2D eigenvalue weighted by Gasteiger charge is 2.32. The minimum Gasteiger partial charge on any atom is -0.481 e. The first-order chi connectivity index (χ1) is 4.61. The fraction of sp³-hybridized carbons (Fsp3) is 0.500. The summed E-state index contributed by atoms with van der Waals surface area (Å²) < 4.78 is 12.6. The Morgan fingerprint density at radius 2 is 2.50 bits per heavy atom. The number of halogens is 1. The number of alkyl halides is 1. The normalized spacial score (nSPS) is 31.9. The average Bonchev–Trinajstić information content (AvgIpc) is 2.10. The quantitative estimate of drug-likeness (QED) is 0.556. The number of carbonyl (C=O) groups is 1. The van der Waals surface area contributed by atoms with E-state index in [1.807, 2.05) is 0 Å². The molecule has 0 aliphatic heterocycles. The van der Waals surface area contributed by atoms with Crippen LogP contribution in [0.3, 0.4) is 0 Å². The maximum absolute atomic E-state index is 12.6. The van der Waals surface area contributed by atoms with E-state index in [1.165, 1.54) is 0 Å². The van der Waals surface area contributed by atoms with Gasteiger partial charge in [0.05, 0.1) is 5.92 Å². The van der Waals surface area contributed by atoms with Gasteiger partial charge in [-0.15, -0.1) is 0 Å². The Bertz CT molecular complexity index is 190. The minimum atomic E-state index is -1.41. The minimum absolute atomic E-state index is 0.135. The predicted molar refractivity (Wildman–Crippen MR) is 32.9 cm³/mol. The van der Waals surface area contributed by atoms with Gasteiger partial charge in [0.2, 0.25) is 0 Å². The molecule has 0 spiro atoms.